The molecule has 0 bridgehead atoms. The van der Waals surface area contributed by atoms with Crippen LogP contribution in [0.2, 0.25) is 0 Å². The molecule has 2 N–H and O–H groups in total. The fourth-order valence-corrected chi connectivity index (χ4v) is 2.95. The fourth-order valence-electron chi connectivity index (χ4n) is 2.95. The van der Waals surface area contributed by atoms with Crippen LogP contribution in [0, 0.1) is 5.92 Å². The standard InChI is InChI=1S/C17H22N4O2.ClH/c22-16(19-9-6-13-5-8-18-11-13)7-10-21-12-20-15-4-2-1-3-14(15)17(21)23;/h1-4,12-13,18H,5-11H2,(H,19,22);1H. The second-order valence-corrected chi connectivity index (χ2v) is 6.01. The molecule has 2 heterocycles. The topological polar surface area (TPSA) is 76.0 Å². The van der Waals surface area contributed by atoms with Crippen molar-refractivity contribution in [1.82, 2.24) is 20.2 Å². The monoisotopic (exact) mass is 350 g/mol. The summed E-state index contributed by atoms with van der Waals surface area (Å²) in [5.74, 6) is 0.652. The summed E-state index contributed by atoms with van der Waals surface area (Å²) >= 11 is 0. The van der Waals surface area contributed by atoms with Gasteiger partial charge in [-0.25, -0.2) is 4.98 Å². The van der Waals surface area contributed by atoms with Gasteiger partial charge in [-0.1, -0.05) is 12.1 Å². The van der Waals surface area contributed by atoms with Gasteiger partial charge in [0.25, 0.3) is 5.56 Å². The number of hydrogen-bond acceptors (Lipinski definition) is 4. The predicted octanol–water partition coefficient (Wildman–Crippen LogP) is 1.32. The summed E-state index contributed by atoms with van der Waals surface area (Å²) in [5.41, 5.74) is 0.587. The van der Waals surface area contributed by atoms with Crippen LogP contribution in [-0.2, 0) is 11.3 Å². The Balaban J connectivity index is 0.00000208. The van der Waals surface area contributed by atoms with Gasteiger partial charge in [-0.05, 0) is 44.0 Å². The van der Waals surface area contributed by atoms with E-state index in [0.717, 1.165) is 19.5 Å². The van der Waals surface area contributed by atoms with Gasteiger partial charge >= 0.3 is 0 Å². The summed E-state index contributed by atoms with van der Waals surface area (Å²) in [5, 5.41) is 6.84. The van der Waals surface area contributed by atoms with E-state index in [1.165, 1.54) is 17.3 Å². The molecule has 1 aromatic heterocycles. The Morgan fingerprint density at radius 3 is 3.00 bits per heavy atom. The lowest BCUT2D eigenvalue weighted by Crippen LogP contribution is -2.29. The predicted molar refractivity (Wildman–Crippen MR) is 96.5 cm³/mol. The van der Waals surface area contributed by atoms with E-state index in [2.05, 4.69) is 15.6 Å². The van der Waals surface area contributed by atoms with Crippen molar-refractivity contribution in [2.24, 2.45) is 5.92 Å². The number of fused-ring (bicyclic) bond motifs is 1. The minimum absolute atomic E-state index is 0. The van der Waals surface area contributed by atoms with Crippen molar-refractivity contribution in [2.75, 3.05) is 19.6 Å². The van der Waals surface area contributed by atoms with Crippen LogP contribution in [0.4, 0.5) is 0 Å². The summed E-state index contributed by atoms with van der Waals surface area (Å²) in [6.07, 6.45) is 4.01. The summed E-state index contributed by atoms with van der Waals surface area (Å²) in [6.45, 7) is 3.19. The highest BCUT2D eigenvalue weighted by molar-refractivity contribution is 5.85. The zero-order valence-electron chi connectivity index (χ0n) is 13.5. The van der Waals surface area contributed by atoms with Gasteiger partial charge in [0.2, 0.25) is 5.91 Å². The number of carbonyl (C=O) groups excluding carboxylic acids is 1. The highest BCUT2D eigenvalue weighted by Gasteiger charge is 2.14. The maximum Gasteiger partial charge on any atom is 0.261 e. The molecule has 1 aromatic carbocycles. The van der Waals surface area contributed by atoms with Crippen molar-refractivity contribution >= 4 is 29.2 Å². The molecule has 0 radical (unpaired) electrons. The lowest BCUT2D eigenvalue weighted by molar-refractivity contribution is -0.121. The molecule has 24 heavy (non-hydrogen) atoms. The molecule has 6 nitrogen and oxygen atoms in total. The molecule has 1 saturated heterocycles. The lowest BCUT2D eigenvalue weighted by Gasteiger charge is -2.10. The van der Waals surface area contributed by atoms with Crippen LogP contribution in [0.5, 0.6) is 0 Å². The number of aromatic nitrogens is 2. The highest BCUT2D eigenvalue weighted by atomic mass is 35.5. The van der Waals surface area contributed by atoms with E-state index in [0.29, 0.717) is 36.3 Å². The fraction of sp³-hybridized carbons (Fsp3) is 0.471. The molecular formula is C17H23ClN4O2. The SMILES string of the molecule is Cl.O=C(CCn1cnc2ccccc2c1=O)NCCC1CCNC1. The molecule has 2 aromatic rings. The van der Waals surface area contributed by atoms with Crippen molar-refractivity contribution < 1.29 is 4.79 Å². The minimum atomic E-state index is -0.0968. The first-order valence-corrected chi connectivity index (χ1v) is 8.15. The third-order valence-electron chi connectivity index (χ3n) is 4.35. The Kier molecular flexibility index (Phi) is 6.75. The summed E-state index contributed by atoms with van der Waals surface area (Å²) in [4.78, 5) is 28.5. The van der Waals surface area contributed by atoms with E-state index in [1.807, 2.05) is 18.2 Å². The molecule has 0 aliphatic carbocycles. The Morgan fingerprint density at radius 2 is 2.21 bits per heavy atom. The average molecular weight is 351 g/mol. The van der Waals surface area contributed by atoms with Crippen molar-refractivity contribution in [3.63, 3.8) is 0 Å². The second kappa shape index (κ2) is 8.80. The van der Waals surface area contributed by atoms with E-state index in [4.69, 9.17) is 0 Å². The molecule has 0 spiro atoms. The van der Waals surface area contributed by atoms with E-state index >= 15 is 0 Å². The zero-order valence-corrected chi connectivity index (χ0v) is 14.3. The molecule has 1 fully saturated rings. The van der Waals surface area contributed by atoms with E-state index < -0.39 is 0 Å². The molecule has 1 aliphatic heterocycles. The molecule has 1 atom stereocenters. The van der Waals surface area contributed by atoms with Crippen LogP contribution in [0.15, 0.2) is 35.4 Å². The first-order chi connectivity index (χ1) is 11.2. The number of hydrogen-bond donors (Lipinski definition) is 2. The Bertz CT molecular complexity index is 741. The summed E-state index contributed by atoms with van der Waals surface area (Å²) in [6, 6.07) is 7.25. The maximum atomic E-state index is 12.3. The van der Waals surface area contributed by atoms with Crippen molar-refractivity contribution in [2.45, 2.75) is 25.8 Å². The Hall–Kier alpha value is -1.92. The Labute approximate surface area is 147 Å². The minimum Gasteiger partial charge on any atom is -0.356 e. The molecule has 0 saturated carbocycles. The highest BCUT2D eigenvalue weighted by Crippen LogP contribution is 2.10. The first-order valence-electron chi connectivity index (χ1n) is 8.15. The van der Waals surface area contributed by atoms with Gasteiger partial charge in [0.05, 0.1) is 17.2 Å². The van der Waals surface area contributed by atoms with Gasteiger partial charge in [0.1, 0.15) is 0 Å². The van der Waals surface area contributed by atoms with Crippen LogP contribution >= 0.6 is 12.4 Å². The van der Waals surface area contributed by atoms with Gasteiger partial charge in [-0.2, -0.15) is 0 Å². The lowest BCUT2D eigenvalue weighted by atomic mass is 10.1. The number of amides is 1. The number of aryl methyl sites for hydroxylation is 1. The smallest absolute Gasteiger partial charge is 0.261 e. The van der Waals surface area contributed by atoms with Crippen LogP contribution in [0.1, 0.15) is 19.3 Å². The third kappa shape index (κ3) is 4.55. The quantitative estimate of drug-likeness (QED) is 0.824. The number of para-hydroxylation sites is 1. The van der Waals surface area contributed by atoms with Crippen molar-refractivity contribution in [3.8, 4) is 0 Å². The molecule has 1 aliphatic rings. The third-order valence-corrected chi connectivity index (χ3v) is 4.35. The zero-order chi connectivity index (χ0) is 16.1. The van der Waals surface area contributed by atoms with Crippen LogP contribution in [-0.4, -0.2) is 35.1 Å². The van der Waals surface area contributed by atoms with Crippen LogP contribution in [0.3, 0.4) is 0 Å². The van der Waals surface area contributed by atoms with Crippen LogP contribution < -0.4 is 16.2 Å². The molecule has 1 unspecified atom stereocenters. The van der Waals surface area contributed by atoms with E-state index in [-0.39, 0.29) is 23.9 Å². The summed E-state index contributed by atoms with van der Waals surface area (Å²) in [7, 11) is 0. The molecule has 130 valence electrons. The van der Waals surface area contributed by atoms with Crippen molar-refractivity contribution in [3.05, 3.63) is 40.9 Å². The number of rotatable bonds is 6. The number of carbonyl (C=O) groups is 1. The van der Waals surface area contributed by atoms with Gasteiger partial charge in [0.15, 0.2) is 0 Å². The largest absolute Gasteiger partial charge is 0.356 e. The maximum absolute atomic E-state index is 12.3. The molecule has 3 rings (SSSR count). The molecule has 7 heteroatoms. The second-order valence-electron chi connectivity index (χ2n) is 6.01. The van der Waals surface area contributed by atoms with Gasteiger partial charge < -0.3 is 10.6 Å². The molecular weight excluding hydrogens is 328 g/mol. The van der Waals surface area contributed by atoms with Crippen molar-refractivity contribution in [1.29, 1.82) is 0 Å². The summed E-state index contributed by atoms with van der Waals surface area (Å²) < 4.78 is 1.50. The number of nitrogens with one attached hydrogen (secondary N) is 2. The van der Waals surface area contributed by atoms with Gasteiger partial charge in [-0.15, -0.1) is 12.4 Å². The Morgan fingerprint density at radius 1 is 1.38 bits per heavy atom. The van der Waals surface area contributed by atoms with E-state index in [9.17, 15) is 9.59 Å². The number of benzene rings is 1. The number of halogens is 1. The molecule has 1 amide bonds. The van der Waals surface area contributed by atoms with Gasteiger partial charge in [-0.3, -0.25) is 14.2 Å². The van der Waals surface area contributed by atoms with Gasteiger partial charge in [0, 0.05) is 19.5 Å². The van der Waals surface area contributed by atoms with E-state index in [1.54, 1.807) is 6.07 Å². The normalized spacial score (nSPS) is 16.8. The van der Waals surface area contributed by atoms with Crippen LogP contribution in [0.25, 0.3) is 10.9 Å². The first kappa shape index (κ1) is 18.4. The average Bonchev–Trinajstić information content (AvgIpc) is 3.08. The number of nitrogens with zero attached hydrogens (tertiary/aromatic N) is 2.